The molecule has 0 aromatic heterocycles. The van der Waals surface area contributed by atoms with Crippen LogP contribution in [0.3, 0.4) is 0 Å². The van der Waals surface area contributed by atoms with Crippen molar-refractivity contribution >= 4 is 5.97 Å². The average Bonchev–Trinajstić information content (AvgIpc) is 2.85. The Balaban J connectivity index is 3.21. The highest BCUT2D eigenvalue weighted by Crippen LogP contribution is 2.52. The van der Waals surface area contributed by atoms with E-state index >= 15 is 0 Å². The van der Waals surface area contributed by atoms with Gasteiger partial charge in [0.2, 0.25) is 0 Å². The first-order valence-corrected chi connectivity index (χ1v) is 9.83. The van der Waals surface area contributed by atoms with Crippen molar-refractivity contribution in [3.05, 3.63) is 0 Å². The van der Waals surface area contributed by atoms with Crippen LogP contribution in [0.4, 0.5) is 0 Å². The van der Waals surface area contributed by atoms with E-state index in [2.05, 4.69) is 62.3 Å². The molecule has 0 heterocycles. The van der Waals surface area contributed by atoms with Gasteiger partial charge in [0.25, 0.3) is 0 Å². The van der Waals surface area contributed by atoms with Crippen LogP contribution in [-0.4, -0.2) is 25.3 Å². The number of methoxy groups -OCH3 is 1. The fourth-order valence-electron chi connectivity index (χ4n) is 4.35. The predicted molar refractivity (Wildman–Crippen MR) is 105 cm³/mol. The molecule has 0 amide bonds. The number of esters is 1. The minimum Gasteiger partial charge on any atom is -0.458 e. The third kappa shape index (κ3) is 4.78. The lowest BCUT2D eigenvalue weighted by molar-refractivity contribution is -0.198. The van der Waals surface area contributed by atoms with Gasteiger partial charge in [-0.25, -0.2) is 0 Å². The molecule has 3 heteroatoms. The monoisotopic (exact) mass is 354 g/mol. The molecule has 1 aliphatic carbocycles. The van der Waals surface area contributed by atoms with Crippen LogP contribution in [0.5, 0.6) is 0 Å². The molecule has 1 saturated carbocycles. The van der Waals surface area contributed by atoms with Crippen LogP contribution in [0.1, 0.15) is 94.4 Å². The smallest absolute Gasteiger partial charge is 0.312 e. The van der Waals surface area contributed by atoms with Gasteiger partial charge in [-0.1, -0.05) is 55.4 Å². The van der Waals surface area contributed by atoms with E-state index in [0.717, 1.165) is 32.1 Å². The summed E-state index contributed by atoms with van der Waals surface area (Å²) in [5, 5.41) is 0. The van der Waals surface area contributed by atoms with Gasteiger partial charge in [-0.2, -0.15) is 0 Å². The summed E-state index contributed by atoms with van der Waals surface area (Å²) >= 11 is 0. The van der Waals surface area contributed by atoms with E-state index in [1.54, 1.807) is 7.11 Å². The molecule has 0 saturated heterocycles. The Labute approximate surface area is 156 Å². The number of carbonyl (C=O) groups excluding carboxylic acids is 1. The number of rotatable bonds is 6. The molecule has 1 atom stereocenters. The fourth-order valence-corrected chi connectivity index (χ4v) is 4.35. The lowest BCUT2D eigenvalue weighted by Gasteiger charge is -2.49. The Morgan fingerprint density at radius 1 is 0.920 bits per heavy atom. The second kappa shape index (κ2) is 7.21. The Hall–Kier alpha value is -0.570. The molecule has 3 nitrogen and oxygen atoms in total. The van der Waals surface area contributed by atoms with Crippen LogP contribution in [0.25, 0.3) is 0 Å². The third-order valence-corrected chi connectivity index (χ3v) is 6.43. The van der Waals surface area contributed by atoms with Crippen molar-refractivity contribution in [2.45, 2.75) is 100 Å². The van der Waals surface area contributed by atoms with E-state index in [-0.39, 0.29) is 22.2 Å². The van der Waals surface area contributed by atoms with Crippen molar-refractivity contribution in [2.75, 3.05) is 13.7 Å². The van der Waals surface area contributed by atoms with Gasteiger partial charge in [0.1, 0.15) is 5.60 Å². The van der Waals surface area contributed by atoms with Crippen molar-refractivity contribution in [3.63, 3.8) is 0 Å². The number of ether oxygens (including phenoxy) is 2. The van der Waals surface area contributed by atoms with E-state index in [9.17, 15) is 4.79 Å². The van der Waals surface area contributed by atoms with Crippen LogP contribution in [0, 0.1) is 21.7 Å². The number of hydrogen-bond donors (Lipinski definition) is 0. The third-order valence-electron chi connectivity index (χ3n) is 6.43. The lowest BCUT2D eigenvalue weighted by Crippen LogP contribution is -2.53. The van der Waals surface area contributed by atoms with Gasteiger partial charge in [-0.15, -0.1) is 0 Å². The van der Waals surface area contributed by atoms with E-state index in [1.165, 1.54) is 0 Å². The minimum absolute atomic E-state index is 0.0407. The van der Waals surface area contributed by atoms with Crippen LogP contribution < -0.4 is 0 Å². The Morgan fingerprint density at radius 2 is 1.40 bits per heavy atom. The molecule has 0 aromatic rings. The van der Waals surface area contributed by atoms with Gasteiger partial charge in [0.05, 0.1) is 12.0 Å². The summed E-state index contributed by atoms with van der Waals surface area (Å²) in [6, 6.07) is 0. The molecule has 1 unspecified atom stereocenters. The van der Waals surface area contributed by atoms with E-state index in [4.69, 9.17) is 9.47 Å². The molecule has 0 aromatic carbocycles. The van der Waals surface area contributed by atoms with E-state index in [1.807, 2.05) is 0 Å². The molecule has 0 aliphatic heterocycles. The van der Waals surface area contributed by atoms with Crippen molar-refractivity contribution < 1.29 is 14.3 Å². The molecule has 0 radical (unpaired) electrons. The van der Waals surface area contributed by atoms with Crippen molar-refractivity contribution in [1.82, 2.24) is 0 Å². The van der Waals surface area contributed by atoms with Gasteiger partial charge in [-0.05, 0) is 49.9 Å². The summed E-state index contributed by atoms with van der Waals surface area (Å²) in [4.78, 5) is 13.5. The molecule has 0 N–H and O–H groups in total. The van der Waals surface area contributed by atoms with Crippen LogP contribution in [-0.2, 0) is 14.3 Å². The maximum absolute atomic E-state index is 13.5. The molecule has 1 fully saturated rings. The molecular weight excluding hydrogens is 312 g/mol. The highest BCUT2D eigenvalue weighted by atomic mass is 16.6. The SMILES string of the molecule is COCC(C)(C)C1(OC(=O)C(C)(CC(C)(C)C)C(C)(C)C)CCCC1. The first-order chi connectivity index (χ1) is 11.1. The van der Waals surface area contributed by atoms with Gasteiger partial charge in [-0.3, -0.25) is 4.79 Å². The van der Waals surface area contributed by atoms with Crippen LogP contribution >= 0.6 is 0 Å². The molecule has 0 spiro atoms. The standard InChI is InChI=1S/C22H42O3/c1-18(2,3)15-21(9,19(4,5)6)17(23)25-22(13-11-12-14-22)20(7,8)16-24-10/h11-16H2,1-10H3. The second-order valence-electron chi connectivity index (χ2n) is 11.2. The average molecular weight is 355 g/mol. The molecule has 148 valence electrons. The Morgan fingerprint density at radius 3 is 1.76 bits per heavy atom. The van der Waals surface area contributed by atoms with Gasteiger partial charge in [0.15, 0.2) is 0 Å². The predicted octanol–water partition coefficient (Wildman–Crippen LogP) is 6.00. The maximum atomic E-state index is 13.5. The molecular formula is C22H42O3. The maximum Gasteiger partial charge on any atom is 0.312 e. The largest absolute Gasteiger partial charge is 0.458 e. The Kier molecular flexibility index (Phi) is 6.48. The topological polar surface area (TPSA) is 35.5 Å². The van der Waals surface area contributed by atoms with E-state index in [0.29, 0.717) is 6.61 Å². The summed E-state index contributed by atoms with van der Waals surface area (Å²) in [5.41, 5.74) is -1.22. The summed E-state index contributed by atoms with van der Waals surface area (Å²) in [5.74, 6) is -0.0407. The molecule has 1 rings (SSSR count). The minimum atomic E-state index is -0.524. The van der Waals surface area contributed by atoms with Crippen molar-refractivity contribution in [2.24, 2.45) is 21.7 Å². The molecule has 1 aliphatic rings. The molecule has 0 bridgehead atoms. The molecule has 25 heavy (non-hydrogen) atoms. The van der Waals surface area contributed by atoms with Gasteiger partial charge in [0, 0.05) is 12.5 Å². The first kappa shape index (κ1) is 22.5. The van der Waals surface area contributed by atoms with Gasteiger partial charge >= 0.3 is 5.97 Å². The summed E-state index contributed by atoms with van der Waals surface area (Å²) < 4.78 is 11.9. The van der Waals surface area contributed by atoms with Gasteiger partial charge < -0.3 is 9.47 Å². The zero-order valence-electron chi connectivity index (χ0n) is 18.5. The lowest BCUT2D eigenvalue weighted by atomic mass is 9.61. The normalized spacial score (nSPS) is 21.0. The highest BCUT2D eigenvalue weighted by Gasteiger charge is 2.55. The highest BCUT2D eigenvalue weighted by molar-refractivity contribution is 5.78. The van der Waals surface area contributed by atoms with Crippen LogP contribution in [0.15, 0.2) is 0 Å². The summed E-state index contributed by atoms with van der Waals surface area (Å²) in [7, 11) is 1.73. The van der Waals surface area contributed by atoms with Crippen molar-refractivity contribution in [3.8, 4) is 0 Å². The quantitative estimate of drug-likeness (QED) is 0.548. The fraction of sp³-hybridized carbons (Fsp3) is 0.955. The Bertz CT molecular complexity index is 459. The first-order valence-electron chi connectivity index (χ1n) is 9.83. The summed E-state index contributed by atoms with van der Waals surface area (Å²) in [6.45, 7) is 20.1. The van der Waals surface area contributed by atoms with Crippen LogP contribution in [0.2, 0.25) is 0 Å². The van der Waals surface area contributed by atoms with Crippen molar-refractivity contribution in [1.29, 1.82) is 0 Å². The zero-order chi connectivity index (χ0) is 19.7. The summed E-state index contributed by atoms with van der Waals surface area (Å²) in [6.07, 6.45) is 4.91. The zero-order valence-corrected chi connectivity index (χ0v) is 18.5. The number of carbonyl (C=O) groups is 1. The second-order valence-corrected chi connectivity index (χ2v) is 11.2. The number of hydrogen-bond acceptors (Lipinski definition) is 3. The van der Waals surface area contributed by atoms with E-state index < -0.39 is 11.0 Å².